The molecular formula is C6H7BrN2O2S. The summed E-state index contributed by atoms with van der Waals surface area (Å²) in [6.07, 6.45) is 1.08. The van der Waals surface area contributed by atoms with Crippen molar-refractivity contribution in [3.8, 4) is 0 Å². The number of sulfone groups is 1. The molecule has 0 bridgehead atoms. The molecule has 0 fully saturated rings. The minimum Gasteiger partial charge on any atom is -0.224 e. The molecule has 0 saturated heterocycles. The molecule has 6 heteroatoms. The molecule has 1 aromatic rings. The maximum Gasteiger partial charge on any atom is 0.248 e. The van der Waals surface area contributed by atoms with Gasteiger partial charge in [-0.3, -0.25) is 0 Å². The van der Waals surface area contributed by atoms with Gasteiger partial charge in [0.15, 0.2) is 0 Å². The molecule has 0 radical (unpaired) electrons. The predicted octanol–water partition coefficient (Wildman–Crippen LogP) is 0.951. The lowest BCUT2D eigenvalue weighted by molar-refractivity contribution is 0.591. The van der Waals surface area contributed by atoms with Gasteiger partial charge in [-0.2, -0.15) is 0 Å². The Hall–Kier alpha value is -0.490. The van der Waals surface area contributed by atoms with E-state index in [0.717, 1.165) is 6.26 Å². The van der Waals surface area contributed by atoms with Crippen molar-refractivity contribution in [2.75, 3.05) is 6.26 Å². The van der Waals surface area contributed by atoms with Crippen LogP contribution in [0.1, 0.15) is 5.69 Å². The van der Waals surface area contributed by atoms with Crippen LogP contribution in [-0.2, 0) is 9.84 Å². The second-order valence-corrected chi connectivity index (χ2v) is 5.11. The van der Waals surface area contributed by atoms with Crippen molar-refractivity contribution in [1.29, 1.82) is 0 Å². The highest BCUT2D eigenvalue weighted by molar-refractivity contribution is 9.10. The van der Waals surface area contributed by atoms with Crippen LogP contribution in [0.3, 0.4) is 0 Å². The van der Waals surface area contributed by atoms with E-state index >= 15 is 0 Å². The van der Waals surface area contributed by atoms with Gasteiger partial charge in [0.05, 0.1) is 0 Å². The first-order valence-electron chi connectivity index (χ1n) is 3.11. The fourth-order valence-electron chi connectivity index (χ4n) is 0.670. The summed E-state index contributed by atoms with van der Waals surface area (Å²) in [7, 11) is -3.30. The smallest absolute Gasteiger partial charge is 0.224 e. The first-order valence-corrected chi connectivity index (χ1v) is 5.79. The summed E-state index contributed by atoms with van der Waals surface area (Å²) in [4.78, 5) is 7.50. The third-order valence-electron chi connectivity index (χ3n) is 1.13. The van der Waals surface area contributed by atoms with Crippen LogP contribution in [0.15, 0.2) is 15.8 Å². The Kier molecular flexibility index (Phi) is 2.48. The minimum atomic E-state index is -3.30. The van der Waals surface area contributed by atoms with Crippen molar-refractivity contribution in [2.45, 2.75) is 12.1 Å². The Morgan fingerprint density at radius 1 is 1.42 bits per heavy atom. The second kappa shape index (κ2) is 3.10. The van der Waals surface area contributed by atoms with Crippen LogP contribution in [0, 0.1) is 6.92 Å². The summed E-state index contributed by atoms with van der Waals surface area (Å²) < 4.78 is 22.5. The Balaban J connectivity index is 3.37. The molecule has 0 N–H and O–H groups in total. The molecule has 4 nitrogen and oxygen atoms in total. The van der Waals surface area contributed by atoms with Gasteiger partial charge in [0, 0.05) is 11.9 Å². The maximum atomic E-state index is 11.0. The van der Waals surface area contributed by atoms with Crippen LogP contribution in [0.2, 0.25) is 0 Å². The van der Waals surface area contributed by atoms with Crippen LogP contribution < -0.4 is 0 Å². The van der Waals surface area contributed by atoms with Crippen molar-refractivity contribution in [1.82, 2.24) is 9.97 Å². The summed E-state index contributed by atoms with van der Waals surface area (Å²) >= 11 is 3.09. The highest BCUT2D eigenvalue weighted by atomic mass is 79.9. The first kappa shape index (κ1) is 9.60. The van der Waals surface area contributed by atoms with E-state index in [2.05, 4.69) is 25.9 Å². The van der Waals surface area contributed by atoms with E-state index in [4.69, 9.17) is 0 Å². The lowest BCUT2D eigenvalue weighted by Crippen LogP contribution is -2.04. The number of nitrogens with zero attached hydrogens (tertiary/aromatic N) is 2. The average molecular weight is 251 g/mol. The summed E-state index contributed by atoms with van der Waals surface area (Å²) in [5.74, 6) is 0. The normalized spacial score (nSPS) is 11.6. The molecule has 0 spiro atoms. The minimum absolute atomic E-state index is 0.144. The third-order valence-corrected chi connectivity index (χ3v) is 2.39. The lowest BCUT2D eigenvalue weighted by Gasteiger charge is -1.98. The summed E-state index contributed by atoms with van der Waals surface area (Å²) in [5.41, 5.74) is 0.623. The number of hydrogen-bond acceptors (Lipinski definition) is 4. The SMILES string of the molecule is Cc1cc(Br)nc(S(C)(=O)=O)n1. The van der Waals surface area contributed by atoms with Crippen molar-refractivity contribution in [3.63, 3.8) is 0 Å². The molecule has 0 atom stereocenters. The monoisotopic (exact) mass is 250 g/mol. The highest BCUT2D eigenvalue weighted by Gasteiger charge is 2.11. The maximum absolute atomic E-state index is 11.0. The Labute approximate surface area is 79.1 Å². The van der Waals surface area contributed by atoms with Gasteiger partial charge >= 0.3 is 0 Å². The van der Waals surface area contributed by atoms with Crippen molar-refractivity contribution < 1.29 is 8.42 Å². The van der Waals surface area contributed by atoms with E-state index in [0.29, 0.717) is 10.3 Å². The fraction of sp³-hybridized carbons (Fsp3) is 0.333. The molecule has 1 heterocycles. The molecular weight excluding hydrogens is 244 g/mol. The average Bonchev–Trinajstić information content (AvgIpc) is 1.82. The van der Waals surface area contributed by atoms with Crippen molar-refractivity contribution in [3.05, 3.63) is 16.4 Å². The van der Waals surface area contributed by atoms with Gasteiger partial charge in [0.1, 0.15) is 4.60 Å². The standard InChI is InChI=1S/C6H7BrN2O2S/c1-4-3-5(7)9-6(8-4)12(2,10)11/h3H,1-2H3. The van der Waals surface area contributed by atoms with Crippen molar-refractivity contribution >= 4 is 25.8 Å². The number of halogens is 1. The third kappa shape index (κ3) is 2.25. The van der Waals surface area contributed by atoms with Gasteiger partial charge in [-0.1, -0.05) is 0 Å². The fourth-order valence-corrected chi connectivity index (χ4v) is 1.86. The Bertz CT molecular complexity index is 382. The Morgan fingerprint density at radius 3 is 2.42 bits per heavy atom. The summed E-state index contributed by atoms with van der Waals surface area (Å²) in [5, 5.41) is -0.144. The van der Waals surface area contributed by atoms with E-state index in [-0.39, 0.29) is 5.16 Å². The molecule has 0 unspecified atom stereocenters. The Morgan fingerprint density at radius 2 is 2.00 bits per heavy atom. The van der Waals surface area contributed by atoms with Gasteiger partial charge in [0.2, 0.25) is 15.0 Å². The van der Waals surface area contributed by atoms with Gasteiger partial charge in [-0.15, -0.1) is 0 Å². The molecule has 0 amide bonds. The van der Waals surface area contributed by atoms with Gasteiger partial charge < -0.3 is 0 Å². The van der Waals surface area contributed by atoms with Crippen molar-refractivity contribution in [2.24, 2.45) is 0 Å². The molecule has 66 valence electrons. The van der Waals surface area contributed by atoms with Crippen LogP contribution in [-0.4, -0.2) is 24.6 Å². The van der Waals surface area contributed by atoms with Crippen LogP contribution in [0.4, 0.5) is 0 Å². The number of aryl methyl sites for hydroxylation is 1. The first-order chi connectivity index (χ1) is 5.39. The molecule has 0 aliphatic rings. The largest absolute Gasteiger partial charge is 0.248 e. The van der Waals surface area contributed by atoms with Crippen LogP contribution in [0.25, 0.3) is 0 Å². The zero-order valence-corrected chi connectivity index (χ0v) is 8.98. The molecule has 0 aromatic carbocycles. The quantitative estimate of drug-likeness (QED) is 0.550. The second-order valence-electron chi connectivity index (χ2n) is 2.39. The molecule has 0 aliphatic carbocycles. The highest BCUT2D eigenvalue weighted by Crippen LogP contribution is 2.10. The predicted molar refractivity (Wildman–Crippen MR) is 47.6 cm³/mol. The molecule has 12 heavy (non-hydrogen) atoms. The van der Waals surface area contributed by atoms with E-state index in [9.17, 15) is 8.42 Å². The number of rotatable bonds is 1. The van der Waals surface area contributed by atoms with Gasteiger partial charge in [-0.25, -0.2) is 18.4 Å². The molecule has 1 rings (SSSR count). The van der Waals surface area contributed by atoms with E-state index in [1.807, 2.05) is 0 Å². The summed E-state index contributed by atoms with van der Waals surface area (Å²) in [6, 6.07) is 1.65. The topological polar surface area (TPSA) is 59.9 Å². The number of aromatic nitrogens is 2. The zero-order chi connectivity index (χ0) is 9.35. The number of hydrogen-bond donors (Lipinski definition) is 0. The molecule has 0 saturated carbocycles. The molecule has 1 aromatic heterocycles. The lowest BCUT2D eigenvalue weighted by atomic mass is 10.5. The zero-order valence-electron chi connectivity index (χ0n) is 6.57. The van der Waals surface area contributed by atoms with E-state index in [1.54, 1.807) is 13.0 Å². The van der Waals surface area contributed by atoms with E-state index in [1.165, 1.54) is 0 Å². The van der Waals surface area contributed by atoms with Crippen LogP contribution >= 0.6 is 15.9 Å². The van der Waals surface area contributed by atoms with Gasteiger partial charge in [-0.05, 0) is 28.9 Å². The molecule has 0 aliphatic heterocycles. The summed E-state index contributed by atoms with van der Waals surface area (Å²) in [6.45, 7) is 1.71. The van der Waals surface area contributed by atoms with Gasteiger partial charge in [0.25, 0.3) is 0 Å². The van der Waals surface area contributed by atoms with Crippen LogP contribution in [0.5, 0.6) is 0 Å². The van der Waals surface area contributed by atoms with E-state index < -0.39 is 9.84 Å².